The lowest BCUT2D eigenvalue weighted by molar-refractivity contribution is 0.336. The van der Waals surface area contributed by atoms with E-state index >= 15 is 0 Å². The van der Waals surface area contributed by atoms with Crippen LogP contribution in [0.2, 0.25) is 0 Å². The molecule has 0 saturated heterocycles. The van der Waals surface area contributed by atoms with Crippen molar-refractivity contribution in [1.29, 1.82) is 0 Å². The fourth-order valence-corrected chi connectivity index (χ4v) is 1.27. The summed E-state index contributed by atoms with van der Waals surface area (Å²) in [5.41, 5.74) is 6.46. The van der Waals surface area contributed by atoms with E-state index in [2.05, 4.69) is 13.8 Å². The van der Waals surface area contributed by atoms with E-state index in [1.54, 1.807) is 11.2 Å². The van der Waals surface area contributed by atoms with Crippen LogP contribution in [0.15, 0.2) is 11.9 Å². The number of allylic oxidation sites excluding steroid dienone is 1. The monoisotopic (exact) mass is 185 g/mol. The molecule has 0 amide bonds. The van der Waals surface area contributed by atoms with Gasteiger partial charge in [0.2, 0.25) is 0 Å². The first-order valence-electron chi connectivity index (χ1n) is 5.19. The van der Waals surface area contributed by atoms with Gasteiger partial charge in [-0.3, -0.25) is 0 Å². The van der Waals surface area contributed by atoms with Crippen LogP contribution >= 0.6 is 0 Å². The minimum atomic E-state index is 0.904. The Balaban J connectivity index is 3.55. The van der Waals surface area contributed by atoms with Crippen molar-refractivity contribution in [3.8, 4) is 0 Å². The highest BCUT2D eigenvalue weighted by molar-refractivity contribution is 4.95. The van der Waals surface area contributed by atoms with Gasteiger partial charge in [-0.1, -0.05) is 33.1 Å². The fourth-order valence-electron chi connectivity index (χ4n) is 1.27. The summed E-state index contributed by atoms with van der Waals surface area (Å²) in [6.45, 7) is 5.18. The van der Waals surface area contributed by atoms with E-state index in [1.165, 1.54) is 19.3 Å². The molecule has 0 aromatic heterocycles. The molecule has 0 fully saturated rings. The van der Waals surface area contributed by atoms with E-state index in [1.807, 2.05) is 0 Å². The molecule has 0 aromatic rings. The number of hydrogen-bond donors (Lipinski definition) is 2. The molecule has 0 unspecified atom stereocenters. The van der Waals surface area contributed by atoms with Crippen LogP contribution in [0.3, 0.4) is 0 Å². The average molecular weight is 185 g/mol. The largest absolute Gasteiger partial charge is 0.403 e. The van der Waals surface area contributed by atoms with Gasteiger partial charge in [-0.2, -0.15) is 0 Å². The van der Waals surface area contributed by atoms with Crippen molar-refractivity contribution in [2.24, 2.45) is 11.6 Å². The summed E-state index contributed by atoms with van der Waals surface area (Å²) in [5.74, 6) is 5.81. The van der Waals surface area contributed by atoms with Gasteiger partial charge in [0.1, 0.15) is 0 Å². The molecule has 4 N–H and O–H groups in total. The van der Waals surface area contributed by atoms with Crippen molar-refractivity contribution in [2.75, 3.05) is 6.54 Å². The van der Waals surface area contributed by atoms with Crippen LogP contribution in [0.1, 0.15) is 46.0 Å². The lowest BCUT2D eigenvalue weighted by Gasteiger charge is -2.20. The van der Waals surface area contributed by atoms with Crippen LogP contribution < -0.4 is 11.6 Å². The molecule has 3 nitrogen and oxygen atoms in total. The zero-order valence-electron chi connectivity index (χ0n) is 8.92. The Kier molecular flexibility index (Phi) is 7.50. The van der Waals surface area contributed by atoms with E-state index in [0.29, 0.717) is 0 Å². The molecule has 0 aliphatic carbocycles. The molecule has 0 radical (unpaired) electrons. The van der Waals surface area contributed by atoms with E-state index in [0.717, 1.165) is 25.1 Å². The standard InChI is InChI=1S/C10H23N3/c1-3-5-6-7-8-13(12)10(4-2)9-11/h9H,3-8,11-12H2,1-2H3/b10-9-. The Morgan fingerprint density at radius 1 is 1.23 bits per heavy atom. The molecule has 0 saturated carbocycles. The van der Waals surface area contributed by atoms with E-state index in [9.17, 15) is 0 Å². The Bertz CT molecular complexity index is 143. The summed E-state index contributed by atoms with van der Waals surface area (Å²) in [6.07, 6.45) is 7.47. The molecule has 0 aliphatic rings. The number of hydrazine groups is 1. The maximum Gasteiger partial charge on any atom is 0.0442 e. The summed E-state index contributed by atoms with van der Waals surface area (Å²) >= 11 is 0. The Morgan fingerprint density at radius 3 is 2.38 bits per heavy atom. The van der Waals surface area contributed by atoms with Crippen LogP contribution in [0.5, 0.6) is 0 Å². The van der Waals surface area contributed by atoms with Gasteiger partial charge in [0.15, 0.2) is 0 Å². The molecule has 0 aliphatic heterocycles. The van der Waals surface area contributed by atoms with Gasteiger partial charge in [0.05, 0.1) is 0 Å². The minimum absolute atomic E-state index is 0.904. The quantitative estimate of drug-likeness (QED) is 0.362. The molecular weight excluding hydrogens is 162 g/mol. The van der Waals surface area contributed by atoms with Crippen molar-refractivity contribution in [3.63, 3.8) is 0 Å². The van der Waals surface area contributed by atoms with Crippen LogP contribution in [0.4, 0.5) is 0 Å². The Labute approximate surface area is 81.7 Å². The third kappa shape index (κ3) is 5.53. The second kappa shape index (κ2) is 7.92. The van der Waals surface area contributed by atoms with Crippen molar-refractivity contribution >= 4 is 0 Å². The van der Waals surface area contributed by atoms with Crippen molar-refractivity contribution < 1.29 is 0 Å². The third-order valence-corrected chi connectivity index (χ3v) is 2.18. The molecule has 13 heavy (non-hydrogen) atoms. The second-order valence-electron chi connectivity index (χ2n) is 3.27. The van der Waals surface area contributed by atoms with Crippen molar-refractivity contribution in [2.45, 2.75) is 46.0 Å². The van der Waals surface area contributed by atoms with Gasteiger partial charge in [-0.15, -0.1) is 0 Å². The summed E-state index contributed by atoms with van der Waals surface area (Å²) in [4.78, 5) is 0. The van der Waals surface area contributed by atoms with Gasteiger partial charge in [0, 0.05) is 18.4 Å². The lowest BCUT2D eigenvalue weighted by Crippen LogP contribution is -2.31. The molecule has 0 heterocycles. The number of unbranched alkanes of at least 4 members (excludes halogenated alkanes) is 3. The molecule has 3 heteroatoms. The highest BCUT2D eigenvalue weighted by atomic mass is 15.4. The van der Waals surface area contributed by atoms with Crippen LogP contribution in [0.25, 0.3) is 0 Å². The topological polar surface area (TPSA) is 55.3 Å². The van der Waals surface area contributed by atoms with Crippen LogP contribution in [-0.2, 0) is 0 Å². The van der Waals surface area contributed by atoms with Gasteiger partial charge < -0.3 is 10.7 Å². The summed E-state index contributed by atoms with van der Waals surface area (Å²) < 4.78 is 0. The molecule has 78 valence electrons. The van der Waals surface area contributed by atoms with Gasteiger partial charge in [-0.25, -0.2) is 5.84 Å². The fraction of sp³-hybridized carbons (Fsp3) is 0.800. The van der Waals surface area contributed by atoms with Gasteiger partial charge in [-0.05, 0) is 12.8 Å². The Morgan fingerprint density at radius 2 is 1.92 bits per heavy atom. The molecule has 0 aromatic carbocycles. The predicted molar refractivity (Wildman–Crippen MR) is 57.6 cm³/mol. The highest BCUT2D eigenvalue weighted by Gasteiger charge is 2.00. The van der Waals surface area contributed by atoms with Gasteiger partial charge >= 0.3 is 0 Å². The highest BCUT2D eigenvalue weighted by Crippen LogP contribution is 2.05. The van der Waals surface area contributed by atoms with Crippen molar-refractivity contribution in [1.82, 2.24) is 5.01 Å². The predicted octanol–water partition coefficient (Wildman–Crippen LogP) is 1.95. The first-order valence-corrected chi connectivity index (χ1v) is 5.19. The molecular formula is C10H23N3. The van der Waals surface area contributed by atoms with Gasteiger partial charge in [0.25, 0.3) is 0 Å². The first-order chi connectivity index (χ1) is 6.26. The van der Waals surface area contributed by atoms with E-state index in [-0.39, 0.29) is 0 Å². The SMILES string of the molecule is CCCCCCN(N)/C(=C\N)CC. The molecule has 0 atom stereocenters. The van der Waals surface area contributed by atoms with Crippen LogP contribution in [-0.4, -0.2) is 11.6 Å². The summed E-state index contributed by atoms with van der Waals surface area (Å²) in [5, 5.41) is 1.76. The van der Waals surface area contributed by atoms with E-state index < -0.39 is 0 Å². The zero-order chi connectivity index (χ0) is 10.1. The van der Waals surface area contributed by atoms with E-state index in [4.69, 9.17) is 11.6 Å². The maximum absolute atomic E-state index is 5.81. The molecule has 0 bridgehead atoms. The minimum Gasteiger partial charge on any atom is -0.403 e. The molecule has 0 spiro atoms. The second-order valence-corrected chi connectivity index (χ2v) is 3.27. The normalized spacial score (nSPS) is 11.8. The summed E-state index contributed by atoms with van der Waals surface area (Å²) in [6, 6.07) is 0. The van der Waals surface area contributed by atoms with Crippen molar-refractivity contribution in [3.05, 3.63) is 11.9 Å². The summed E-state index contributed by atoms with van der Waals surface area (Å²) in [7, 11) is 0. The first kappa shape index (κ1) is 12.3. The third-order valence-electron chi connectivity index (χ3n) is 2.18. The number of nitrogens with zero attached hydrogens (tertiary/aromatic N) is 1. The number of hydrogen-bond acceptors (Lipinski definition) is 3. The van der Waals surface area contributed by atoms with Crippen LogP contribution in [0, 0.1) is 0 Å². The number of nitrogens with two attached hydrogens (primary N) is 2. The number of rotatable bonds is 7. The smallest absolute Gasteiger partial charge is 0.0442 e. The zero-order valence-corrected chi connectivity index (χ0v) is 8.92. The molecule has 0 rings (SSSR count). The lowest BCUT2D eigenvalue weighted by atomic mass is 10.2. The maximum atomic E-state index is 5.81. The Hall–Kier alpha value is -0.700. The average Bonchev–Trinajstić information content (AvgIpc) is 2.14.